The van der Waals surface area contributed by atoms with Gasteiger partial charge >= 0.3 is 5.97 Å². The molecule has 0 N–H and O–H groups in total. The van der Waals surface area contributed by atoms with E-state index >= 15 is 4.39 Å². The number of hydrogen-bond acceptors (Lipinski definition) is 7. The van der Waals surface area contributed by atoms with Crippen LogP contribution in [0.3, 0.4) is 0 Å². The van der Waals surface area contributed by atoms with Gasteiger partial charge in [-0.25, -0.2) is 12.8 Å². The molecular formula is C33H37FO7S. The molecule has 2 aliphatic rings. The quantitative estimate of drug-likeness (QED) is 0.264. The first-order valence-corrected chi connectivity index (χ1v) is 15.9. The standard InChI is InChI=1S/C33H37FO7S/c1-19-13-23(40-18-33(3,4)42(6,36)37)14-20(2)31(19)25-9-11-27(34)32-26(25)10-12-28(32)41-22-7-8-24-21(15-30(35)38-5)17-39-29(24)16-22/h7-9,11,13-14,16,21,28H,10,12,15,17-18H2,1-6H3/t21-,28-/m1/s1. The van der Waals surface area contributed by atoms with Gasteiger partial charge in [-0.1, -0.05) is 12.1 Å². The molecule has 0 saturated carbocycles. The molecule has 1 aliphatic heterocycles. The van der Waals surface area contributed by atoms with Crippen molar-refractivity contribution in [2.45, 2.75) is 63.7 Å². The summed E-state index contributed by atoms with van der Waals surface area (Å²) in [5.41, 5.74) is 6.30. The zero-order valence-electron chi connectivity index (χ0n) is 24.9. The summed E-state index contributed by atoms with van der Waals surface area (Å²) in [5, 5.41) is 0. The molecule has 3 aromatic carbocycles. The first kappa shape index (κ1) is 29.9. The van der Waals surface area contributed by atoms with Crippen LogP contribution in [-0.4, -0.2) is 45.7 Å². The third-order valence-electron chi connectivity index (χ3n) is 8.43. The van der Waals surface area contributed by atoms with Gasteiger partial charge < -0.3 is 18.9 Å². The Morgan fingerprint density at radius 2 is 1.79 bits per heavy atom. The Hall–Kier alpha value is -3.59. The van der Waals surface area contributed by atoms with Crippen molar-refractivity contribution in [2.24, 2.45) is 0 Å². The van der Waals surface area contributed by atoms with E-state index in [4.69, 9.17) is 18.9 Å². The average Bonchev–Trinajstić information content (AvgIpc) is 3.52. The molecule has 0 fully saturated rings. The predicted molar refractivity (Wildman–Crippen MR) is 159 cm³/mol. The maximum atomic E-state index is 15.3. The SMILES string of the molecule is COC(=O)C[C@@H]1COc2cc(O[C@@H]3CCc4c(-c5c(C)cc(OCC(C)(C)S(C)(=O)=O)cc5C)ccc(F)c43)ccc21. The van der Waals surface area contributed by atoms with Crippen LogP contribution in [0.5, 0.6) is 17.2 Å². The summed E-state index contributed by atoms with van der Waals surface area (Å²) in [6.07, 6.45) is 2.30. The fourth-order valence-electron chi connectivity index (χ4n) is 5.77. The van der Waals surface area contributed by atoms with E-state index in [1.54, 1.807) is 13.8 Å². The molecule has 7 nitrogen and oxygen atoms in total. The maximum absolute atomic E-state index is 15.3. The van der Waals surface area contributed by atoms with Gasteiger partial charge in [-0.05, 0) is 92.6 Å². The van der Waals surface area contributed by atoms with Crippen molar-refractivity contribution in [1.82, 2.24) is 0 Å². The monoisotopic (exact) mass is 596 g/mol. The van der Waals surface area contributed by atoms with E-state index < -0.39 is 20.7 Å². The lowest BCUT2D eigenvalue weighted by Crippen LogP contribution is -2.37. The van der Waals surface area contributed by atoms with Crippen LogP contribution in [0.1, 0.15) is 66.5 Å². The van der Waals surface area contributed by atoms with Crippen LogP contribution >= 0.6 is 0 Å². The number of esters is 1. The molecule has 3 aromatic rings. The fourth-order valence-corrected chi connectivity index (χ4v) is 6.04. The highest BCUT2D eigenvalue weighted by Crippen LogP contribution is 2.45. The zero-order chi connectivity index (χ0) is 30.4. The van der Waals surface area contributed by atoms with Crippen molar-refractivity contribution in [3.8, 4) is 28.4 Å². The van der Waals surface area contributed by atoms with Crippen LogP contribution in [0.4, 0.5) is 4.39 Å². The summed E-state index contributed by atoms with van der Waals surface area (Å²) < 4.78 is 61.3. The number of ether oxygens (including phenoxy) is 4. The van der Waals surface area contributed by atoms with E-state index in [-0.39, 0.29) is 30.7 Å². The smallest absolute Gasteiger partial charge is 0.306 e. The van der Waals surface area contributed by atoms with Gasteiger partial charge in [0.2, 0.25) is 0 Å². The minimum atomic E-state index is -3.29. The van der Waals surface area contributed by atoms with Gasteiger partial charge in [-0.3, -0.25) is 4.79 Å². The molecule has 0 unspecified atom stereocenters. The lowest BCUT2D eigenvalue weighted by molar-refractivity contribution is -0.141. The second-order valence-corrected chi connectivity index (χ2v) is 14.5. The number of aryl methyl sites for hydroxylation is 2. The second-order valence-electron chi connectivity index (χ2n) is 11.9. The number of halogens is 1. The van der Waals surface area contributed by atoms with Crippen molar-refractivity contribution in [1.29, 1.82) is 0 Å². The fraction of sp³-hybridized carbons (Fsp3) is 0.424. The van der Waals surface area contributed by atoms with Crippen molar-refractivity contribution in [3.63, 3.8) is 0 Å². The largest absolute Gasteiger partial charge is 0.492 e. The number of hydrogen-bond donors (Lipinski definition) is 0. The lowest BCUT2D eigenvalue weighted by Gasteiger charge is -2.23. The second kappa shape index (κ2) is 11.2. The summed E-state index contributed by atoms with van der Waals surface area (Å²) in [7, 11) is -1.92. The van der Waals surface area contributed by atoms with E-state index in [9.17, 15) is 13.2 Å². The van der Waals surface area contributed by atoms with Crippen molar-refractivity contribution in [2.75, 3.05) is 26.6 Å². The Morgan fingerprint density at radius 3 is 2.45 bits per heavy atom. The third-order valence-corrected chi connectivity index (χ3v) is 10.6. The Kier molecular flexibility index (Phi) is 8.00. The van der Waals surface area contributed by atoms with E-state index in [0.29, 0.717) is 42.3 Å². The lowest BCUT2D eigenvalue weighted by atomic mass is 9.90. The molecular weight excluding hydrogens is 559 g/mol. The van der Waals surface area contributed by atoms with Gasteiger partial charge in [-0.15, -0.1) is 0 Å². The Morgan fingerprint density at radius 1 is 1.07 bits per heavy atom. The van der Waals surface area contributed by atoms with E-state index in [1.807, 2.05) is 50.2 Å². The van der Waals surface area contributed by atoms with Gasteiger partial charge in [0.05, 0.1) is 20.1 Å². The van der Waals surface area contributed by atoms with Crippen LogP contribution < -0.4 is 14.2 Å². The molecule has 0 amide bonds. The number of sulfone groups is 1. The first-order chi connectivity index (χ1) is 19.8. The van der Waals surface area contributed by atoms with E-state index in [0.717, 1.165) is 33.4 Å². The van der Waals surface area contributed by atoms with Crippen LogP contribution in [0.15, 0.2) is 42.5 Å². The third kappa shape index (κ3) is 5.71. The molecule has 5 rings (SSSR count). The van der Waals surface area contributed by atoms with E-state index in [2.05, 4.69) is 0 Å². The molecule has 42 heavy (non-hydrogen) atoms. The molecule has 0 bridgehead atoms. The van der Waals surface area contributed by atoms with Gasteiger partial charge in [-0.2, -0.15) is 0 Å². The minimum Gasteiger partial charge on any atom is -0.492 e. The molecule has 9 heteroatoms. The summed E-state index contributed by atoms with van der Waals surface area (Å²) in [4.78, 5) is 11.7. The van der Waals surface area contributed by atoms with Crippen molar-refractivity contribution < 1.29 is 36.6 Å². The molecule has 1 aliphatic carbocycles. The van der Waals surface area contributed by atoms with Gasteiger partial charge in [0.1, 0.15) is 40.5 Å². The molecule has 1 heterocycles. The highest BCUT2D eigenvalue weighted by atomic mass is 32.2. The summed E-state index contributed by atoms with van der Waals surface area (Å²) in [5.74, 6) is 1.20. The van der Waals surface area contributed by atoms with Crippen molar-refractivity contribution in [3.05, 3.63) is 76.1 Å². The number of rotatable bonds is 9. The Labute approximate surface area is 246 Å². The summed E-state index contributed by atoms with van der Waals surface area (Å²) in [6, 6.07) is 12.7. The first-order valence-electron chi connectivity index (χ1n) is 14.0. The number of benzene rings is 3. The van der Waals surface area contributed by atoms with E-state index in [1.165, 1.54) is 19.4 Å². The highest BCUT2D eigenvalue weighted by Gasteiger charge is 2.33. The summed E-state index contributed by atoms with van der Waals surface area (Å²) >= 11 is 0. The zero-order valence-corrected chi connectivity index (χ0v) is 25.7. The molecule has 0 radical (unpaired) electrons. The van der Waals surface area contributed by atoms with Crippen molar-refractivity contribution >= 4 is 15.8 Å². The van der Waals surface area contributed by atoms with Crippen LogP contribution in [-0.2, 0) is 25.8 Å². The number of fused-ring (bicyclic) bond motifs is 2. The van der Waals surface area contributed by atoms with Crippen LogP contribution in [0.25, 0.3) is 11.1 Å². The number of carbonyl (C=O) groups excluding carboxylic acids is 1. The van der Waals surface area contributed by atoms with Crippen LogP contribution in [0.2, 0.25) is 0 Å². The highest BCUT2D eigenvalue weighted by molar-refractivity contribution is 7.92. The van der Waals surface area contributed by atoms with Gasteiger partial charge in [0, 0.05) is 29.4 Å². The summed E-state index contributed by atoms with van der Waals surface area (Å²) in [6.45, 7) is 7.69. The average molecular weight is 597 g/mol. The molecule has 0 saturated heterocycles. The number of carbonyl (C=O) groups is 1. The molecule has 2 atom stereocenters. The maximum Gasteiger partial charge on any atom is 0.306 e. The topological polar surface area (TPSA) is 88.1 Å². The van der Waals surface area contributed by atoms with Gasteiger partial charge in [0.25, 0.3) is 0 Å². The normalized spacial score (nSPS) is 17.8. The Balaban J connectivity index is 1.38. The minimum absolute atomic E-state index is 0.0364. The molecule has 0 aromatic heterocycles. The Bertz CT molecular complexity index is 1620. The predicted octanol–water partition coefficient (Wildman–Crippen LogP) is 6.42. The number of methoxy groups -OCH3 is 1. The molecule has 224 valence electrons. The molecule has 0 spiro atoms. The van der Waals surface area contributed by atoms with Gasteiger partial charge in [0.15, 0.2) is 9.84 Å². The van der Waals surface area contributed by atoms with Crippen LogP contribution in [0, 0.1) is 19.7 Å².